The molecule has 0 bridgehead atoms. The summed E-state index contributed by atoms with van der Waals surface area (Å²) in [5, 5.41) is 10.7. The predicted octanol–water partition coefficient (Wildman–Crippen LogP) is 1.59. The highest BCUT2D eigenvalue weighted by Crippen LogP contribution is 2.43. The van der Waals surface area contributed by atoms with Crippen LogP contribution in [0.4, 0.5) is 0 Å². The summed E-state index contributed by atoms with van der Waals surface area (Å²) in [5.41, 5.74) is -0.857. The van der Waals surface area contributed by atoms with Crippen molar-refractivity contribution in [3.8, 4) is 23.0 Å². The number of aromatic hydroxyl groups is 1. The van der Waals surface area contributed by atoms with E-state index in [9.17, 15) is 19.5 Å². The molecule has 162 valence electrons. The fraction of sp³-hybridized carbons (Fsp3) is 0.350. The molecule has 0 unspecified atom stereocenters. The molecule has 0 aliphatic carbocycles. The molecular weight excluding hydrogens is 398 g/mol. The van der Waals surface area contributed by atoms with Gasteiger partial charge in [0.1, 0.15) is 17.1 Å². The van der Waals surface area contributed by atoms with Gasteiger partial charge in [0.15, 0.2) is 11.5 Å². The van der Waals surface area contributed by atoms with Crippen LogP contribution in [0.2, 0.25) is 0 Å². The monoisotopic (exact) mass is 421 g/mol. The van der Waals surface area contributed by atoms with Crippen molar-refractivity contribution in [1.29, 1.82) is 0 Å². The minimum atomic E-state index is -1.04. The van der Waals surface area contributed by atoms with Crippen molar-refractivity contribution >= 4 is 11.9 Å². The normalized spacial score (nSPS) is 11.4. The SMILES string of the molecule is COC(=O)C[C@H](c1cc(OC)c(OC)cc1OC)c1c(O)c(C(=O)OC)c[nH]c1=O. The maximum atomic E-state index is 12.6. The molecule has 0 aliphatic heterocycles. The van der Waals surface area contributed by atoms with Gasteiger partial charge in [-0.3, -0.25) is 9.59 Å². The van der Waals surface area contributed by atoms with E-state index in [2.05, 4.69) is 9.72 Å². The van der Waals surface area contributed by atoms with Crippen LogP contribution in [0.25, 0.3) is 0 Å². The lowest BCUT2D eigenvalue weighted by atomic mass is 9.87. The first-order chi connectivity index (χ1) is 14.3. The van der Waals surface area contributed by atoms with E-state index in [0.717, 1.165) is 13.3 Å². The van der Waals surface area contributed by atoms with E-state index in [1.54, 1.807) is 0 Å². The van der Waals surface area contributed by atoms with Crippen LogP contribution < -0.4 is 19.8 Å². The minimum absolute atomic E-state index is 0.228. The Labute approximate surface area is 172 Å². The zero-order valence-electron chi connectivity index (χ0n) is 17.2. The Bertz CT molecular complexity index is 997. The molecule has 10 nitrogen and oxygen atoms in total. The Hall–Kier alpha value is -3.69. The number of aromatic amines is 1. The molecule has 0 fully saturated rings. The number of nitrogens with one attached hydrogen (secondary N) is 1. The molecule has 0 aliphatic rings. The third kappa shape index (κ3) is 4.32. The van der Waals surface area contributed by atoms with Gasteiger partial charge in [0.25, 0.3) is 5.56 Å². The zero-order chi connectivity index (χ0) is 22.4. The van der Waals surface area contributed by atoms with Crippen LogP contribution in [0.3, 0.4) is 0 Å². The minimum Gasteiger partial charge on any atom is -0.506 e. The Morgan fingerprint density at radius 2 is 1.57 bits per heavy atom. The lowest BCUT2D eigenvalue weighted by Crippen LogP contribution is -2.22. The number of benzene rings is 1. The summed E-state index contributed by atoms with van der Waals surface area (Å²) in [6.45, 7) is 0. The van der Waals surface area contributed by atoms with Crippen molar-refractivity contribution in [2.75, 3.05) is 35.5 Å². The number of hydrogen-bond donors (Lipinski definition) is 2. The van der Waals surface area contributed by atoms with E-state index < -0.39 is 29.2 Å². The second kappa shape index (κ2) is 9.68. The first-order valence-corrected chi connectivity index (χ1v) is 8.72. The highest BCUT2D eigenvalue weighted by molar-refractivity contribution is 5.92. The van der Waals surface area contributed by atoms with Gasteiger partial charge in [-0.15, -0.1) is 0 Å². The molecule has 2 aromatic rings. The number of H-pyrrole nitrogens is 1. The first kappa shape index (κ1) is 22.6. The van der Waals surface area contributed by atoms with Crippen LogP contribution in [-0.4, -0.2) is 57.6 Å². The molecule has 10 heteroatoms. The van der Waals surface area contributed by atoms with Crippen LogP contribution in [0, 0.1) is 0 Å². The van der Waals surface area contributed by atoms with E-state index in [-0.39, 0.29) is 23.3 Å². The fourth-order valence-corrected chi connectivity index (χ4v) is 3.07. The number of carbonyl (C=O) groups is 2. The topological polar surface area (TPSA) is 133 Å². The van der Waals surface area contributed by atoms with Crippen LogP contribution in [0.15, 0.2) is 23.1 Å². The van der Waals surface area contributed by atoms with Gasteiger partial charge in [-0.25, -0.2) is 4.79 Å². The van der Waals surface area contributed by atoms with Gasteiger partial charge in [-0.05, 0) is 6.07 Å². The standard InChI is InChI=1S/C20H23NO9/c1-26-13-8-15(28-3)14(27-2)6-10(13)11(7-16(22)29-4)17-18(23)12(20(25)30-5)9-21-19(17)24/h6,8-9,11H,7H2,1-5H3,(H2,21,23,24)/t11-/m1/s1. The molecule has 2 rings (SSSR count). The van der Waals surface area contributed by atoms with E-state index in [1.165, 1.54) is 40.6 Å². The van der Waals surface area contributed by atoms with Gasteiger partial charge in [0, 0.05) is 23.7 Å². The molecule has 0 amide bonds. The number of esters is 2. The van der Waals surface area contributed by atoms with Gasteiger partial charge in [0.2, 0.25) is 0 Å². The third-order valence-corrected chi connectivity index (χ3v) is 4.57. The van der Waals surface area contributed by atoms with Crippen molar-refractivity contribution in [1.82, 2.24) is 4.98 Å². The lowest BCUT2D eigenvalue weighted by Gasteiger charge is -2.22. The molecule has 0 saturated heterocycles. The number of pyridine rings is 1. The van der Waals surface area contributed by atoms with E-state index >= 15 is 0 Å². The molecule has 30 heavy (non-hydrogen) atoms. The van der Waals surface area contributed by atoms with E-state index in [4.69, 9.17) is 18.9 Å². The third-order valence-electron chi connectivity index (χ3n) is 4.57. The van der Waals surface area contributed by atoms with Crippen LogP contribution >= 0.6 is 0 Å². The molecule has 0 radical (unpaired) electrons. The quantitative estimate of drug-likeness (QED) is 0.609. The summed E-state index contributed by atoms with van der Waals surface area (Å²) in [6, 6.07) is 3.04. The average Bonchev–Trinajstić information content (AvgIpc) is 2.76. The van der Waals surface area contributed by atoms with Gasteiger partial charge in [-0.1, -0.05) is 0 Å². The number of carbonyl (C=O) groups excluding carboxylic acids is 2. The smallest absolute Gasteiger partial charge is 0.343 e. The Kier molecular flexibility index (Phi) is 7.29. The fourth-order valence-electron chi connectivity index (χ4n) is 3.07. The predicted molar refractivity (Wildman–Crippen MR) is 105 cm³/mol. The molecule has 1 aromatic carbocycles. The highest BCUT2D eigenvalue weighted by Gasteiger charge is 2.31. The van der Waals surface area contributed by atoms with E-state index in [0.29, 0.717) is 17.1 Å². The Morgan fingerprint density at radius 1 is 0.967 bits per heavy atom. The van der Waals surface area contributed by atoms with E-state index in [1.807, 2.05) is 0 Å². The van der Waals surface area contributed by atoms with Crippen LogP contribution in [-0.2, 0) is 14.3 Å². The summed E-state index contributed by atoms with van der Waals surface area (Å²) < 4.78 is 25.4. The Morgan fingerprint density at radius 3 is 2.10 bits per heavy atom. The van der Waals surface area contributed by atoms with Crippen molar-refractivity contribution < 1.29 is 38.4 Å². The number of rotatable bonds is 8. The number of ether oxygens (including phenoxy) is 5. The molecule has 0 saturated carbocycles. The van der Waals surface area contributed by atoms with Crippen LogP contribution in [0.5, 0.6) is 23.0 Å². The molecular formula is C20H23NO9. The summed E-state index contributed by atoms with van der Waals surface area (Å²) in [7, 11) is 6.59. The number of aromatic nitrogens is 1. The van der Waals surface area contributed by atoms with Crippen molar-refractivity contribution in [3.63, 3.8) is 0 Å². The second-order valence-electron chi connectivity index (χ2n) is 6.07. The van der Waals surface area contributed by atoms with Crippen LogP contribution in [0.1, 0.15) is 33.8 Å². The summed E-state index contributed by atoms with van der Waals surface area (Å²) in [6.07, 6.45) is 0.706. The average molecular weight is 421 g/mol. The molecule has 1 heterocycles. The van der Waals surface area contributed by atoms with Crippen molar-refractivity contribution in [2.24, 2.45) is 0 Å². The Balaban J connectivity index is 2.83. The largest absolute Gasteiger partial charge is 0.506 e. The summed E-state index contributed by atoms with van der Waals surface area (Å²) in [4.78, 5) is 39.2. The summed E-state index contributed by atoms with van der Waals surface area (Å²) >= 11 is 0. The number of methoxy groups -OCH3 is 5. The molecule has 0 spiro atoms. The first-order valence-electron chi connectivity index (χ1n) is 8.72. The maximum absolute atomic E-state index is 12.6. The maximum Gasteiger partial charge on any atom is 0.343 e. The van der Waals surface area contributed by atoms with Gasteiger partial charge >= 0.3 is 11.9 Å². The summed E-state index contributed by atoms with van der Waals surface area (Å²) in [5.74, 6) is -2.24. The number of hydrogen-bond acceptors (Lipinski definition) is 9. The molecule has 1 atom stereocenters. The molecule has 2 N–H and O–H groups in total. The zero-order valence-corrected chi connectivity index (χ0v) is 17.2. The van der Waals surface area contributed by atoms with Gasteiger partial charge in [0.05, 0.1) is 47.5 Å². The van der Waals surface area contributed by atoms with Gasteiger partial charge in [-0.2, -0.15) is 0 Å². The second-order valence-corrected chi connectivity index (χ2v) is 6.07. The lowest BCUT2D eigenvalue weighted by molar-refractivity contribution is -0.140. The van der Waals surface area contributed by atoms with Crippen molar-refractivity contribution in [3.05, 3.63) is 45.4 Å². The van der Waals surface area contributed by atoms with Gasteiger partial charge < -0.3 is 33.8 Å². The molecule has 1 aromatic heterocycles. The highest BCUT2D eigenvalue weighted by atomic mass is 16.5. The van der Waals surface area contributed by atoms with Crippen molar-refractivity contribution in [2.45, 2.75) is 12.3 Å².